The van der Waals surface area contributed by atoms with E-state index in [1.807, 2.05) is 78.9 Å². The standard InChI is InChI=1S/C27H23NO4/c1-30-25-16-22(12-13-23(25)17-29)24-14-15-26(31-18-20-8-4-2-5-9-20)28-27(24)32-19-21-10-6-3-7-11-21/h2-17H,18-19H2,1H3. The number of hydrogen-bond donors (Lipinski definition) is 0. The van der Waals surface area contributed by atoms with Crippen molar-refractivity contribution in [2.24, 2.45) is 0 Å². The summed E-state index contributed by atoms with van der Waals surface area (Å²) < 4.78 is 17.4. The number of hydrogen-bond acceptors (Lipinski definition) is 5. The van der Waals surface area contributed by atoms with Crippen LogP contribution in [-0.4, -0.2) is 18.4 Å². The molecule has 160 valence electrons. The largest absolute Gasteiger partial charge is 0.496 e. The van der Waals surface area contributed by atoms with E-state index < -0.39 is 0 Å². The van der Waals surface area contributed by atoms with Gasteiger partial charge in [-0.3, -0.25) is 4.79 Å². The fourth-order valence-electron chi connectivity index (χ4n) is 3.27. The summed E-state index contributed by atoms with van der Waals surface area (Å²) in [5.41, 5.74) is 4.18. The highest BCUT2D eigenvalue weighted by Gasteiger charge is 2.14. The molecule has 0 aliphatic carbocycles. The van der Waals surface area contributed by atoms with Crippen molar-refractivity contribution in [2.45, 2.75) is 13.2 Å². The van der Waals surface area contributed by atoms with E-state index in [4.69, 9.17) is 14.2 Å². The molecule has 0 saturated carbocycles. The average molecular weight is 425 g/mol. The topological polar surface area (TPSA) is 57.6 Å². The van der Waals surface area contributed by atoms with E-state index in [-0.39, 0.29) is 0 Å². The molecule has 0 unspecified atom stereocenters. The lowest BCUT2D eigenvalue weighted by Crippen LogP contribution is -2.02. The second kappa shape index (κ2) is 10.3. The minimum absolute atomic E-state index is 0.368. The van der Waals surface area contributed by atoms with Crippen molar-refractivity contribution in [1.82, 2.24) is 4.98 Å². The summed E-state index contributed by atoms with van der Waals surface area (Å²) in [6.07, 6.45) is 0.772. The van der Waals surface area contributed by atoms with Crippen LogP contribution in [0, 0.1) is 0 Å². The molecule has 0 radical (unpaired) electrons. The van der Waals surface area contributed by atoms with E-state index in [1.165, 1.54) is 7.11 Å². The Morgan fingerprint density at radius 2 is 1.44 bits per heavy atom. The molecule has 1 heterocycles. The summed E-state index contributed by atoms with van der Waals surface area (Å²) in [7, 11) is 1.54. The first-order chi connectivity index (χ1) is 15.8. The average Bonchev–Trinajstić information content (AvgIpc) is 2.87. The van der Waals surface area contributed by atoms with Crippen molar-refractivity contribution >= 4 is 6.29 Å². The lowest BCUT2D eigenvalue weighted by atomic mass is 10.0. The van der Waals surface area contributed by atoms with Gasteiger partial charge in [0.05, 0.1) is 12.7 Å². The molecular formula is C27H23NO4. The second-order valence-corrected chi connectivity index (χ2v) is 7.13. The van der Waals surface area contributed by atoms with Gasteiger partial charge in [0.15, 0.2) is 6.29 Å². The van der Waals surface area contributed by atoms with Gasteiger partial charge in [-0.15, -0.1) is 0 Å². The van der Waals surface area contributed by atoms with Gasteiger partial charge >= 0.3 is 0 Å². The van der Waals surface area contributed by atoms with E-state index in [1.54, 1.807) is 12.1 Å². The Balaban J connectivity index is 1.64. The number of ether oxygens (including phenoxy) is 3. The van der Waals surface area contributed by atoms with Crippen molar-refractivity contribution in [3.63, 3.8) is 0 Å². The normalized spacial score (nSPS) is 10.4. The van der Waals surface area contributed by atoms with E-state index in [2.05, 4.69) is 4.98 Å². The molecule has 5 heteroatoms. The van der Waals surface area contributed by atoms with Gasteiger partial charge in [-0.25, -0.2) is 0 Å². The number of carbonyl (C=O) groups is 1. The summed E-state index contributed by atoms with van der Waals surface area (Å²) in [5, 5.41) is 0. The molecule has 0 spiro atoms. The number of nitrogens with zero attached hydrogens (tertiary/aromatic N) is 1. The lowest BCUT2D eigenvalue weighted by Gasteiger charge is -2.14. The summed E-state index contributed by atoms with van der Waals surface area (Å²) >= 11 is 0. The van der Waals surface area contributed by atoms with Crippen LogP contribution >= 0.6 is 0 Å². The highest BCUT2D eigenvalue weighted by atomic mass is 16.5. The number of carbonyl (C=O) groups excluding carboxylic acids is 1. The van der Waals surface area contributed by atoms with E-state index >= 15 is 0 Å². The molecule has 1 aromatic heterocycles. The minimum atomic E-state index is 0.368. The Hall–Kier alpha value is -4.12. The van der Waals surface area contributed by atoms with Crippen LogP contribution in [0.25, 0.3) is 11.1 Å². The van der Waals surface area contributed by atoms with Crippen molar-refractivity contribution in [1.29, 1.82) is 0 Å². The van der Waals surface area contributed by atoms with E-state index in [0.29, 0.717) is 36.3 Å². The Morgan fingerprint density at radius 1 is 0.781 bits per heavy atom. The summed E-state index contributed by atoms with van der Waals surface area (Å²) in [5.74, 6) is 1.41. The highest BCUT2D eigenvalue weighted by Crippen LogP contribution is 2.34. The SMILES string of the molecule is COc1cc(-c2ccc(OCc3ccccc3)nc2OCc2ccccc2)ccc1C=O. The molecule has 3 aromatic carbocycles. The van der Waals surface area contributed by atoms with Crippen molar-refractivity contribution in [3.05, 3.63) is 108 Å². The van der Waals surface area contributed by atoms with E-state index in [9.17, 15) is 4.79 Å². The zero-order valence-electron chi connectivity index (χ0n) is 17.7. The predicted octanol–water partition coefficient (Wildman–Crippen LogP) is 5.73. The number of methoxy groups -OCH3 is 1. The van der Waals surface area contributed by atoms with Gasteiger partial charge in [-0.2, -0.15) is 4.98 Å². The van der Waals surface area contributed by atoms with Gasteiger partial charge in [0, 0.05) is 11.6 Å². The highest BCUT2D eigenvalue weighted by molar-refractivity contribution is 5.82. The smallest absolute Gasteiger partial charge is 0.225 e. The number of rotatable bonds is 9. The monoisotopic (exact) mass is 425 g/mol. The van der Waals surface area contributed by atoms with Crippen molar-refractivity contribution in [3.8, 4) is 28.6 Å². The zero-order valence-corrected chi connectivity index (χ0v) is 17.7. The molecule has 0 saturated heterocycles. The molecule has 0 amide bonds. The summed E-state index contributed by atoms with van der Waals surface area (Å²) in [4.78, 5) is 15.9. The van der Waals surface area contributed by atoms with Crippen LogP contribution in [0.15, 0.2) is 91.0 Å². The molecule has 0 bridgehead atoms. The first-order valence-electron chi connectivity index (χ1n) is 10.2. The van der Waals surface area contributed by atoms with Crippen LogP contribution in [0.2, 0.25) is 0 Å². The Kier molecular flexibility index (Phi) is 6.78. The summed E-state index contributed by atoms with van der Waals surface area (Å²) in [6, 6.07) is 28.9. The molecule has 5 nitrogen and oxygen atoms in total. The van der Waals surface area contributed by atoms with Gasteiger partial charge in [0.2, 0.25) is 11.8 Å². The molecule has 0 aliphatic heterocycles. The van der Waals surface area contributed by atoms with Crippen LogP contribution in [0.5, 0.6) is 17.5 Å². The number of pyridine rings is 1. The van der Waals surface area contributed by atoms with Gasteiger partial charge in [0.1, 0.15) is 19.0 Å². The van der Waals surface area contributed by atoms with Crippen LogP contribution in [-0.2, 0) is 13.2 Å². The lowest BCUT2D eigenvalue weighted by molar-refractivity contribution is 0.112. The van der Waals surface area contributed by atoms with Gasteiger partial charge in [-0.05, 0) is 34.9 Å². The Morgan fingerprint density at radius 3 is 2.06 bits per heavy atom. The van der Waals surface area contributed by atoms with Crippen molar-refractivity contribution < 1.29 is 19.0 Å². The Labute approximate surface area is 187 Å². The molecule has 4 aromatic rings. The minimum Gasteiger partial charge on any atom is -0.496 e. The maximum Gasteiger partial charge on any atom is 0.225 e. The molecule has 0 aliphatic rings. The second-order valence-electron chi connectivity index (χ2n) is 7.13. The zero-order chi connectivity index (χ0) is 22.2. The third-order valence-corrected chi connectivity index (χ3v) is 4.95. The van der Waals surface area contributed by atoms with Crippen LogP contribution in [0.4, 0.5) is 0 Å². The fraction of sp³-hybridized carbons (Fsp3) is 0.111. The van der Waals surface area contributed by atoms with Crippen LogP contribution < -0.4 is 14.2 Å². The quantitative estimate of drug-likeness (QED) is 0.321. The van der Waals surface area contributed by atoms with Crippen LogP contribution in [0.3, 0.4) is 0 Å². The Bertz CT molecular complexity index is 1180. The van der Waals surface area contributed by atoms with Crippen LogP contribution in [0.1, 0.15) is 21.5 Å². The maximum absolute atomic E-state index is 11.3. The van der Waals surface area contributed by atoms with Gasteiger partial charge in [-0.1, -0.05) is 66.7 Å². The number of aldehydes is 1. The number of benzene rings is 3. The molecule has 0 N–H and O–H groups in total. The molecule has 0 atom stereocenters. The van der Waals surface area contributed by atoms with E-state index in [0.717, 1.165) is 28.5 Å². The van der Waals surface area contributed by atoms with Gasteiger partial charge in [0.25, 0.3) is 0 Å². The van der Waals surface area contributed by atoms with Crippen molar-refractivity contribution in [2.75, 3.05) is 7.11 Å². The first-order valence-corrected chi connectivity index (χ1v) is 10.2. The predicted molar refractivity (Wildman–Crippen MR) is 123 cm³/mol. The number of aromatic nitrogens is 1. The third kappa shape index (κ3) is 5.13. The summed E-state index contributed by atoms with van der Waals surface area (Å²) in [6.45, 7) is 0.777. The van der Waals surface area contributed by atoms with Gasteiger partial charge < -0.3 is 14.2 Å². The molecular weight excluding hydrogens is 402 g/mol. The maximum atomic E-state index is 11.3. The third-order valence-electron chi connectivity index (χ3n) is 4.95. The fourth-order valence-corrected chi connectivity index (χ4v) is 3.27. The molecule has 4 rings (SSSR count). The molecule has 32 heavy (non-hydrogen) atoms. The molecule has 0 fully saturated rings. The first kappa shape index (κ1) is 21.1.